The quantitative estimate of drug-likeness (QED) is 0.439. The van der Waals surface area contributed by atoms with E-state index in [0.717, 1.165) is 25.2 Å². The molecular formula is C28H38N4O4. The smallest absolute Gasteiger partial charge is 0.251 e. The highest BCUT2D eigenvalue weighted by atomic mass is 16.5. The van der Waals surface area contributed by atoms with Crippen molar-refractivity contribution in [2.45, 2.75) is 58.5 Å². The Morgan fingerprint density at radius 3 is 2.28 bits per heavy atom. The number of hydrogen-bond acceptors (Lipinski definition) is 5. The fraction of sp³-hybridized carbons (Fsp3) is 0.464. The summed E-state index contributed by atoms with van der Waals surface area (Å²) in [5.74, 6) is -0.542. The molecule has 0 spiro atoms. The first-order valence-corrected chi connectivity index (χ1v) is 12.7. The predicted octanol–water partition coefficient (Wildman–Crippen LogP) is 3.97. The molecular weight excluding hydrogens is 456 g/mol. The summed E-state index contributed by atoms with van der Waals surface area (Å²) < 4.78 is 5.13. The molecule has 2 atom stereocenters. The summed E-state index contributed by atoms with van der Waals surface area (Å²) in [7, 11) is 1.56. The van der Waals surface area contributed by atoms with Gasteiger partial charge in [0.1, 0.15) is 17.8 Å². The SMILES string of the molecule is CCCC(NC(=O)C(NC(=O)c1ccc(OC)cc1)C(C)C)C(=O)Nc1cccc(N2CCCC2)c1. The number of ether oxygens (including phenoxy) is 1. The Morgan fingerprint density at radius 2 is 1.67 bits per heavy atom. The van der Waals surface area contributed by atoms with Gasteiger partial charge in [-0.1, -0.05) is 33.3 Å². The summed E-state index contributed by atoms with van der Waals surface area (Å²) in [6.45, 7) is 7.72. The van der Waals surface area contributed by atoms with Gasteiger partial charge in [-0.05, 0) is 67.6 Å². The Bertz CT molecular complexity index is 1030. The van der Waals surface area contributed by atoms with Crippen LogP contribution in [0, 0.1) is 5.92 Å². The third-order valence-corrected chi connectivity index (χ3v) is 6.38. The Morgan fingerprint density at radius 1 is 0.972 bits per heavy atom. The van der Waals surface area contributed by atoms with E-state index in [1.807, 2.05) is 45.0 Å². The fourth-order valence-corrected chi connectivity index (χ4v) is 4.31. The number of hydrogen-bond donors (Lipinski definition) is 3. The third kappa shape index (κ3) is 7.23. The Hall–Kier alpha value is -3.55. The van der Waals surface area contributed by atoms with Crippen LogP contribution in [0.4, 0.5) is 11.4 Å². The lowest BCUT2D eigenvalue weighted by molar-refractivity contribution is -0.128. The molecule has 3 amide bonds. The largest absolute Gasteiger partial charge is 0.497 e. The number of nitrogens with zero attached hydrogens (tertiary/aromatic N) is 1. The molecule has 3 N–H and O–H groups in total. The van der Waals surface area contributed by atoms with Crippen LogP contribution in [0.15, 0.2) is 48.5 Å². The first-order chi connectivity index (χ1) is 17.3. The zero-order valence-electron chi connectivity index (χ0n) is 21.7. The second-order valence-corrected chi connectivity index (χ2v) is 9.51. The maximum atomic E-state index is 13.2. The number of methoxy groups -OCH3 is 1. The standard InChI is InChI=1S/C28H38N4O4/c1-5-9-24(27(34)29-21-10-8-11-22(18-21)32-16-6-7-17-32)30-28(35)25(19(2)3)31-26(33)20-12-14-23(36-4)15-13-20/h8,10-15,18-19,24-25H,5-7,9,16-17H2,1-4H3,(H,29,34)(H,30,35)(H,31,33). The maximum absolute atomic E-state index is 13.2. The average Bonchev–Trinajstić information content (AvgIpc) is 3.42. The second-order valence-electron chi connectivity index (χ2n) is 9.51. The normalized spacial score (nSPS) is 14.8. The van der Waals surface area contributed by atoms with Crippen LogP contribution < -0.4 is 25.6 Å². The summed E-state index contributed by atoms with van der Waals surface area (Å²) in [5.41, 5.74) is 2.21. The molecule has 1 fully saturated rings. The van der Waals surface area contributed by atoms with E-state index in [9.17, 15) is 14.4 Å². The van der Waals surface area contributed by atoms with E-state index in [-0.39, 0.29) is 23.6 Å². The van der Waals surface area contributed by atoms with Crippen LogP contribution in [0.3, 0.4) is 0 Å². The van der Waals surface area contributed by atoms with Crippen molar-refractivity contribution in [3.05, 3.63) is 54.1 Å². The van der Waals surface area contributed by atoms with Crippen LogP contribution in [0.2, 0.25) is 0 Å². The molecule has 1 heterocycles. The van der Waals surface area contributed by atoms with E-state index in [2.05, 4.69) is 20.9 Å². The summed E-state index contributed by atoms with van der Waals surface area (Å²) in [6, 6.07) is 13.0. The summed E-state index contributed by atoms with van der Waals surface area (Å²) in [4.78, 5) is 41.4. The second kappa shape index (κ2) is 13.0. The summed E-state index contributed by atoms with van der Waals surface area (Å²) >= 11 is 0. The topological polar surface area (TPSA) is 99.8 Å². The molecule has 0 aromatic heterocycles. The van der Waals surface area contributed by atoms with Crippen LogP contribution >= 0.6 is 0 Å². The number of rotatable bonds is 11. The van der Waals surface area contributed by atoms with Gasteiger partial charge in [0.15, 0.2) is 0 Å². The lowest BCUT2D eigenvalue weighted by Gasteiger charge is -2.25. The highest BCUT2D eigenvalue weighted by molar-refractivity contribution is 6.00. The highest BCUT2D eigenvalue weighted by Crippen LogP contribution is 2.23. The lowest BCUT2D eigenvalue weighted by Crippen LogP contribution is -2.54. The van der Waals surface area contributed by atoms with E-state index in [1.54, 1.807) is 31.4 Å². The monoisotopic (exact) mass is 494 g/mol. The number of benzene rings is 2. The van der Waals surface area contributed by atoms with Gasteiger partial charge in [0.05, 0.1) is 7.11 Å². The predicted molar refractivity (Wildman–Crippen MR) is 142 cm³/mol. The maximum Gasteiger partial charge on any atom is 0.251 e. The van der Waals surface area contributed by atoms with Crippen LogP contribution in [0.25, 0.3) is 0 Å². The molecule has 1 aliphatic heterocycles. The van der Waals surface area contributed by atoms with Gasteiger partial charge in [0.25, 0.3) is 5.91 Å². The fourth-order valence-electron chi connectivity index (χ4n) is 4.31. The molecule has 1 saturated heterocycles. The van der Waals surface area contributed by atoms with Crippen molar-refractivity contribution in [1.29, 1.82) is 0 Å². The van der Waals surface area contributed by atoms with E-state index in [0.29, 0.717) is 23.4 Å². The first kappa shape index (κ1) is 27.0. The molecule has 2 unspecified atom stereocenters. The van der Waals surface area contributed by atoms with Crippen LogP contribution in [-0.2, 0) is 9.59 Å². The highest BCUT2D eigenvalue weighted by Gasteiger charge is 2.29. The zero-order chi connectivity index (χ0) is 26.1. The third-order valence-electron chi connectivity index (χ3n) is 6.38. The van der Waals surface area contributed by atoms with Crippen molar-refractivity contribution in [2.24, 2.45) is 5.92 Å². The number of carbonyl (C=O) groups excluding carboxylic acids is 3. The van der Waals surface area contributed by atoms with Crippen molar-refractivity contribution < 1.29 is 19.1 Å². The van der Waals surface area contributed by atoms with Gasteiger partial charge in [0.2, 0.25) is 11.8 Å². The molecule has 8 heteroatoms. The lowest BCUT2D eigenvalue weighted by atomic mass is 10.0. The van der Waals surface area contributed by atoms with Gasteiger partial charge >= 0.3 is 0 Å². The van der Waals surface area contributed by atoms with Crippen LogP contribution in [-0.4, -0.2) is 50.0 Å². The van der Waals surface area contributed by atoms with Crippen LogP contribution in [0.5, 0.6) is 5.75 Å². The summed E-state index contributed by atoms with van der Waals surface area (Å²) in [6.07, 6.45) is 3.55. The number of anilines is 2. The van der Waals surface area contributed by atoms with Crippen molar-refractivity contribution >= 4 is 29.1 Å². The van der Waals surface area contributed by atoms with E-state index >= 15 is 0 Å². The van der Waals surface area contributed by atoms with Crippen molar-refractivity contribution in [3.8, 4) is 5.75 Å². The van der Waals surface area contributed by atoms with Crippen molar-refractivity contribution in [1.82, 2.24) is 10.6 Å². The molecule has 0 radical (unpaired) electrons. The van der Waals surface area contributed by atoms with Gasteiger partial charge in [-0.3, -0.25) is 14.4 Å². The number of nitrogens with one attached hydrogen (secondary N) is 3. The number of carbonyl (C=O) groups is 3. The van der Waals surface area contributed by atoms with Gasteiger partial charge in [-0.25, -0.2) is 0 Å². The minimum absolute atomic E-state index is 0.172. The Balaban J connectivity index is 1.65. The van der Waals surface area contributed by atoms with Gasteiger partial charge in [-0.15, -0.1) is 0 Å². The molecule has 8 nitrogen and oxygen atoms in total. The van der Waals surface area contributed by atoms with Crippen LogP contribution in [0.1, 0.15) is 56.8 Å². The Labute approximate surface area is 213 Å². The molecule has 194 valence electrons. The molecule has 36 heavy (non-hydrogen) atoms. The average molecular weight is 495 g/mol. The van der Waals surface area contributed by atoms with Gasteiger partial charge in [-0.2, -0.15) is 0 Å². The minimum atomic E-state index is -0.787. The molecule has 0 aliphatic carbocycles. The first-order valence-electron chi connectivity index (χ1n) is 12.7. The molecule has 0 bridgehead atoms. The molecule has 2 aromatic rings. The zero-order valence-corrected chi connectivity index (χ0v) is 21.7. The Kier molecular flexibility index (Phi) is 9.73. The van der Waals surface area contributed by atoms with E-state index in [1.165, 1.54) is 12.8 Å². The van der Waals surface area contributed by atoms with Crippen molar-refractivity contribution in [2.75, 3.05) is 30.4 Å². The summed E-state index contributed by atoms with van der Waals surface area (Å²) in [5, 5.41) is 8.65. The van der Waals surface area contributed by atoms with Gasteiger partial charge in [0, 0.05) is 30.0 Å². The molecule has 3 rings (SSSR count). The molecule has 2 aromatic carbocycles. The minimum Gasteiger partial charge on any atom is -0.497 e. The molecule has 0 saturated carbocycles. The van der Waals surface area contributed by atoms with E-state index < -0.39 is 12.1 Å². The number of amides is 3. The van der Waals surface area contributed by atoms with Gasteiger partial charge < -0.3 is 25.6 Å². The molecule has 1 aliphatic rings. The van der Waals surface area contributed by atoms with E-state index in [4.69, 9.17) is 4.74 Å². The van der Waals surface area contributed by atoms with Crippen molar-refractivity contribution in [3.63, 3.8) is 0 Å².